The lowest BCUT2D eigenvalue weighted by Gasteiger charge is -2.05. The molecule has 0 radical (unpaired) electrons. The lowest BCUT2D eigenvalue weighted by molar-refractivity contribution is -0.137. The minimum Gasteiger partial charge on any atom is -0.497 e. The fourth-order valence-corrected chi connectivity index (χ4v) is 1.62. The lowest BCUT2D eigenvalue weighted by atomic mass is 10.2. The van der Waals surface area contributed by atoms with E-state index in [0.29, 0.717) is 22.9 Å². The van der Waals surface area contributed by atoms with Crippen LogP contribution in [0.2, 0.25) is 0 Å². The van der Waals surface area contributed by atoms with E-state index < -0.39 is 5.97 Å². The highest BCUT2D eigenvalue weighted by molar-refractivity contribution is 5.67. The molecule has 0 spiro atoms. The predicted octanol–water partition coefficient (Wildman–Crippen LogP) is 1.77. The first-order valence-electron chi connectivity index (χ1n) is 5.90. The maximum absolute atomic E-state index is 10.5. The van der Waals surface area contributed by atoms with Crippen molar-refractivity contribution in [2.75, 3.05) is 14.2 Å². The van der Waals surface area contributed by atoms with Crippen molar-refractivity contribution in [2.45, 2.75) is 12.8 Å². The summed E-state index contributed by atoms with van der Waals surface area (Å²) in [6, 6.07) is 5.22. The molecule has 0 fully saturated rings. The molecule has 0 saturated heterocycles. The second-order valence-corrected chi connectivity index (χ2v) is 4.01. The number of ether oxygens (including phenoxy) is 2. The number of benzene rings is 1. The van der Waals surface area contributed by atoms with Gasteiger partial charge in [0, 0.05) is 18.1 Å². The molecule has 0 unspecified atom stereocenters. The Balaban J connectivity index is 2.24. The van der Waals surface area contributed by atoms with Crippen LogP contribution in [0.5, 0.6) is 11.5 Å². The Hall–Kier alpha value is -2.57. The Kier molecular flexibility index (Phi) is 4.19. The van der Waals surface area contributed by atoms with Crippen LogP contribution < -0.4 is 9.47 Å². The van der Waals surface area contributed by atoms with Crippen LogP contribution in [0, 0.1) is 0 Å². The van der Waals surface area contributed by atoms with Crippen LogP contribution in [0.4, 0.5) is 0 Å². The van der Waals surface area contributed by atoms with Crippen LogP contribution in [0.3, 0.4) is 0 Å². The molecular weight excluding hydrogens is 264 g/mol. The number of hydrogen-bond acceptors (Lipinski definition) is 6. The van der Waals surface area contributed by atoms with E-state index in [9.17, 15) is 4.79 Å². The number of carboxylic acid groups (broad SMARTS) is 1. The summed E-state index contributed by atoms with van der Waals surface area (Å²) in [4.78, 5) is 14.6. The van der Waals surface area contributed by atoms with Gasteiger partial charge in [-0.05, 0) is 12.1 Å². The van der Waals surface area contributed by atoms with Crippen LogP contribution in [0.1, 0.15) is 12.3 Å². The smallest absolute Gasteiger partial charge is 0.303 e. The summed E-state index contributed by atoms with van der Waals surface area (Å²) in [6.07, 6.45) is 0.145. The van der Waals surface area contributed by atoms with Gasteiger partial charge in [0.2, 0.25) is 11.7 Å². The van der Waals surface area contributed by atoms with Gasteiger partial charge in [0.1, 0.15) is 11.5 Å². The molecule has 0 amide bonds. The monoisotopic (exact) mass is 278 g/mol. The topological polar surface area (TPSA) is 94.7 Å². The average molecular weight is 278 g/mol. The highest BCUT2D eigenvalue weighted by atomic mass is 16.5. The van der Waals surface area contributed by atoms with Crippen LogP contribution >= 0.6 is 0 Å². The molecule has 1 aromatic carbocycles. The third kappa shape index (κ3) is 3.25. The summed E-state index contributed by atoms with van der Waals surface area (Å²) in [5.41, 5.74) is 0.673. The molecule has 2 aromatic rings. The third-order valence-electron chi connectivity index (χ3n) is 2.63. The van der Waals surface area contributed by atoms with Crippen LogP contribution in [-0.2, 0) is 11.2 Å². The maximum atomic E-state index is 10.5. The SMILES string of the molecule is COc1cc(OC)cc(-c2noc(CCC(=O)O)n2)c1. The number of aliphatic carboxylic acids is 1. The van der Waals surface area contributed by atoms with Crippen LogP contribution in [-0.4, -0.2) is 35.4 Å². The molecule has 0 atom stereocenters. The number of methoxy groups -OCH3 is 2. The first kappa shape index (κ1) is 13.9. The van der Waals surface area contributed by atoms with Gasteiger partial charge in [-0.25, -0.2) is 0 Å². The minimum atomic E-state index is -0.909. The van der Waals surface area contributed by atoms with Gasteiger partial charge in [0.05, 0.1) is 20.6 Å². The highest BCUT2D eigenvalue weighted by Gasteiger charge is 2.12. The fourth-order valence-electron chi connectivity index (χ4n) is 1.62. The van der Waals surface area contributed by atoms with E-state index in [2.05, 4.69) is 10.1 Å². The zero-order chi connectivity index (χ0) is 14.5. The second kappa shape index (κ2) is 6.05. The fraction of sp³-hybridized carbons (Fsp3) is 0.308. The molecule has 106 valence electrons. The van der Waals surface area contributed by atoms with E-state index >= 15 is 0 Å². The van der Waals surface area contributed by atoms with Gasteiger partial charge in [-0.2, -0.15) is 4.98 Å². The van der Waals surface area contributed by atoms with E-state index in [1.165, 1.54) is 0 Å². The Morgan fingerprint density at radius 3 is 2.45 bits per heavy atom. The zero-order valence-electron chi connectivity index (χ0n) is 11.1. The van der Waals surface area contributed by atoms with Crippen molar-refractivity contribution in [3.63, 3.8) is 0 Å². The van der Waals surface area contributed by atoms with Gasteiger partial charge in [-0.15, -0.1) is 0 Å². The van der Waals surface area contributed by atoms with Crippen molar-refractivity contribution in [3.05, 3.63) is 24.1 Å². The molecule has 20 heavy (non-hydrogen) atoms. The number of carboxylic acids is 1. The number of aromatic nitrogens is 2. The molecule has 7 heteroatoms. The van der Waals surface area contributed by atoms with Gasteiger partial charge < -0.3 is 19.1 Å². The first-order valence-corrected chi connectivity index (χ1v) is 5.90. The Labute approximate surface area is 115 Å². The summed E-state index contributed by atoms with van der Waals surface area (Å²) in [7, 11) is 3.10. The first-order chi connectivity index (χ1) is 9.62. The minimum absolute atomic E-state index is 0.0525. The van der Waals surface area contributed by atoms with Crippen molar-refractivity contribution < 1.29 is 23.9 Å². The molecule has 0 aliphatic heterocycles. The zero-order valence-corrected chi connectivity index (χ0v) is 11.1. The number of rotatable bonds is 6. The predicted molar refractivity (Wildman–Crippen MR) is 68.8 cm³/mol. The van der Waals surface area contributed by atoms with Gasteiger partial charge >= 0.3 is 5.97 Å². The number of nitrogens with zero attached hydrogens (tertiary/aromatic N) is 2. The van der Waals surface area contributed by atoms with Gasteiger partial charge in [0.25, 0.3) is 0 Å². The summed E-state index contributed by atoms with van der Waals surface area (Å²) < 4.78 is 15.3. The molecule has 0 aliphatic rings. The largest absolute Gasteiger partial charge is 0.497 e. The molecule has 1 heterocycles. The molecular formula is C13H14N2O5. The molecule has 0 saturated carbocycles. The number of carbonyl (C=O) groups is 1. The maximum Gasteiger partial charge on any atom is 0.303 e. The van der Waals surface area contributed by atoms with Crippen molar-refractivity contribution in [2.24, 2.45) is 0 Å². The van der Waals surface area contributed by atoms with Crippen LogP contribution in [0.25, 0.3) is 11.4 Å². The van der Waals surface area contributed by atoms with E-state index in [1.807, 2.05) is 0 Å². The van der Waals surface area contributed by atoms with Gasteiger partial charge in [-0.3, -0.25) is 4.79 Å². The van der Waals surface area contributed by atoms with Crippen LogP contribution in [0.15, 0.2) is 22.7 Å². The van der Waals surface area contributed by atoms with Crippen molar-refractivity contribution >= 4 is 5.97 Å². The summed E-state index contributed by atoms with van der Waals surface area (Å²) in [5, 5.41) is 12.4. The summed E-state index contributed by atoms with van der Waals surface area (Å²) in [5.74, 6) is 0.951. The molecule has 7 nitrogen and oxygen atoms in total. The second-order valence-electron chi connectivity index (χ2n) is 4.01. The average Bonchev–Trinajstić information content (AvgIpc) is 2.93. The quantitative estimate of drug-likeness (QED) is 0.860. The third-order valence-corrected chi connectivity index (χ3v) is 2.63. The summed E-state index contributed by atoms with van der Waals surface area (Å²) >= 11 is 0. The van der Waals surface area contributed by atoms with Gasteiger partial charge in [-0.1, -0.05) is 5.16 Å². The Morgan fingerprint density at radius 2 is 1.90 bits per heavy atom. The van der Waals surface area contributed by atoms with Crippen molar-refractivity contribution in [3.8, 4) is 22.9 Å². The van der Waals surface area contributed by atoms with Gasteiger partial charge in [0.15, 0.2) is 0 Å². The highest BCUT2D eigenvalue weighted by Crippen LogP contribution is 2.28. The molecule has 1 aromatic heterocycles. The molecule has 0 bridgehead atoms. The normalized spacial score (nSPS) is 10.3. The van der Waals surface area contributed by atoms with Crippen molar-refractivity contribution in [1.29, 1.82) is 0 Å². The molecule has 0 aliphatic carbocycles. The number of aryl methyl sites for hydroxylation is 1. The van der Waals surface area contributed by atoms with E-state index in [1.54, 1.807) is 32.4 Å². The summed E-state index contributed by atoms with van der Waals surface area (Å²) in [6.45, 7) is 0. The lowest BCUT2D eigenvalue weighted by Crippen LogP contribution is -1.97. The molecule has 2 rings (SSSR count). The Morgan fingerprint density at radius 1 is 1.25 bits per heavy atom. The van der Waals surface area contributed by atoms with E-state index in [-0.39, 0.29) is 18.7 Å². The Bertz CT molecular complexity index is 586. The van der Waals surface area contributed by atoms with Crippen molar-refractivity contribution in [1.82, 2.24) is 10.1 Å². The van der Waals surface area contributed by atoms with E-state index in [0.717, 1.165) is 0 Å². The van der Waals surface area contributed by atoms with E-state index in [4.69, 9.17) is 19.1 Å². The number of hydrogen-bond donors (Lipinski definition) is 1. The standard InChI is InChI=1S/C13H14N2O5/c1-18-9-5-8(6-10(7-9)19-2)13-14-11(20-15-13)3-4-12(16)17/h5-7H,3-4H2,1-2H3,(H,16,17). The molecule has 1 N–H and O–H groups in total.